The highest BCUT2D eigenvalue weighted by Crippen LogP contribution is 2.34. The summed E-state index contributed by atoms with van der Waals surface area (Å²) in [5, 5.41) is 11.0. The third-order valence-corrected chi connectivity index (χ3v) is 6.84. The van der Waals surface area contributed by atoms with Gasteiger partial charge >= 0.3 is 0 Å². The van der Waals surface area contributed by atoms with E-state index in [1.165, 1.54) is 5.56 Å². The Bertz CT molecular complexity index is 1950. The van der Waals surface area contributed by atoms with Gasteiger partial charge in [0, 0.05) is 49.0 Å². The smallest absolute Gasteiger partial charge is 0.161 e. The molecule has 5 aromatic heterocycles. The Kier molecular flexibility index (Phi) is 6.02. The van der Waals surface area contributed by atoms with Crippen LogP contribution in [-0.2, 0) is 13.1 Å². The SMILES string of the molecule is Fc1c(-c2cncc(CNCc3ccccc3)c2)ncc2[nH]nc(-c3nc4c(-c5ccncc5)cccc4[nH]3)c12. The molecule has 0 amide bonds. The lowest BCUT2D eigenvalue weighted by Gasteiger charge is -2.08. The average Bonchev–Trinajstić information content (AvgIpc) is 3.63. The molecule has 0 radical (unpaired) electrons. The van der Waals surface area contributed by atoms with Crippen LogP contribution < -0.4 is 5.32 Å². The summed E-state index contributed by atoms with van der Waals surface area (Å²) < 4.78 is 16.1. The largest absolute Gasteiger partial charge is 0.337 e. The van der Waals surface area contributed by atoms with Gasteiger partial charge in [-0.15, -0.1) is 0 Å². The van der Waals surface area contributed by atoms with E-state index in [9.17, 15) is 0 Å². The van der Waals surface area contributed by atoms with Crippen molar-refractivity contribution >= 4 is 21.9 Å². The van der Waals surface area contributed by atoms with E-state index < -0.39 is 5.82 Å². The fourth-order valence-corrected chi connectivity index (χ4v) is 4.92. The molecule has 5 heterocycles. The van der Waals surface area contributed by atoms with Crippen molar-refractivity contribution in [1.82, 2.24) is 40.4 Å². The van der Waals surface area contributed by atoms with E-state index in [-0.39, 0.29) is 5.69 Å². The molecule has 0 saturated carbocycles. The van der Waals surface area contributed by atoms with E-state index in [0.717, 1.165) is 34.3 Å². The molecule has 0 atom stereocenters. The molecule has 7 rings (SSSR count). The summed E-state index contributed by atoms with van der Waals surface area (Å²) in [4.78, 5) is 21.0. The van der Waals surface area contributed by atoms with Gasteiger partial charge in [0.05, 0.1) is 28.1 Å². The molecule has 194 valence electrons. The number of nitrogens with zero attached hydrogens (tertiary/aromatic N) is 5. The zero-order valence-electron chi connectivity index (χ0n) is 21.3. The summed E-state index contributed by atoms with van der Waals surface area (Å²) in [7, 11) is 0. The molecule has 0 fully saturated rings. The number of aromatic nitrogens is 7. The summed E-state index contributed by atoms with van der Waals surface area (Å²) in [6.45, 7) is 1.32. The number of para-hydroxylation sites is 1. The zero-order chi connectivity index (χ0) is 26.9. The molecule has 3 N–H and O–H groups in total. The Morgan fingerprint density at radius 2 is 1.60 bits per heavy atom. The topological polar surface area (TPSA) is 108 Å². The standard InChI is InChI=1S/C31H23FN8/c32-27-26-25(18-36-28(27)22-13-20(16-35-17-22)15-34-14-19-5-2-1-3-6-19)39-40-30(26)31-37-24-8-4-7-23(29(24)38-31)21-9-11-33-12-10-21/h1-13,16-18,34H,14-15H2,(H,37,38)(H,39,40). The molecule has 2 aromatic carbocycles. The van der Waals surface area contributed by atoms with Crippen molar-refractivity contribution in [3.8, 4) is 33.9 Å². The molecule has 7 aromatic rings. The molecular weight excluding hydrogens is 503 g/mol. The quantitative estimate of drug-likeness (QED) is 0.233. The number of H-pyrrole nitrogens is 2. The molecule has 8 nitrogen and oxygen atoms in total. The van der Waals surface area contributed by atoms with E-state index in [1.807, 2.05) is 54.6 Å². The molecule has 0 saturated heterocycles. The Hall–Kier alpha value is -5.28. The molecule has 0 aliphatic carbocycles. The Labute approximate surface area is 228 Å². The minimum absolute atomic E-state index is 0.209. The number of hydrogen-bond acceptors (Lipinski definition) is 6. The number of nitrogens with one attached hydrogen (secondary N) is 3. The predicted molar refractivity (Wildman–Crippen MR) is 152 cm³/mol. The van der Waals surface area contributed by atoms with Crippen LogP contribution in [0.3, 0.4) is 0 Å². The van der Waals surface area contributed by atoms with Gasteiger partial charge in [-0.2, -0.15) is 5.10 Å². The first kappa shape index (κ1) is 23.8. The van der Waals surface area contributed by atoms with Gasteiger partial charge in [0.1, 0.15) is 11.4 Å². The van der Waals surface area contributed by atoms with Crippen LogP contribution in [0.15, 0.2) is 97.7 Å². The van der Waals surface area contributed by atoms with E-state index in [0.29, 0.717) is 34.5 Å². The van der Waals surface area contributed by atoms with Crippen LogP contribution >= 0.6 is 0 Å². The van der Waals surface area contributed by atoms with Crippen molar-refractivity contribution in [3.05, 3.63) is 115 Å². The second-order valence-electron chi connectivity index (χ2n) is 9.48. The third kappa shape index (κ3) is 4.38. The number of aromatic amines is 2. The Morgan fingerprint density at radius 1 is 0.750 bits per heavy atom. The van der Waals surface area contributed by atoms with Crippen LogP contribution in [0.1, 0.15) is 11.1 Å². The van der Waals surface area contributed by atoms with E-state index in [1.54, 1.807) is 31.0 Å². The van der Waals surface area contributed by atoms with Gasteiger partial charge in [0.25, 0.3) is 0 Å². The minimum Gasteiger partial charge on any atom is -0.337 e. The van der Waals surface area contributed by atoms with Crippen molar-refractivity contribution in [1.29, 1.82) is 0 Å². The number of imidazole rings is 1. The summed E-state index contributed by atoms with van der Waals surface area (Å²) in [5.74, 6) is -0.0111. The number of pyridine rings is 3. The predicted octanol–water partition coefficient (Wildman–Crippen LogP) is 6.05. The minimum atomic E-state index is -0.479. The Morgan fingerprint density at radius 3 is 2.48 bits per heavy atom. The average molecular weight is 527 g/mol. The molecule has 0 unspecified atom stereocenters. The van der Waals surface area contributed by atoms with E-state index >= 15 is 4.39 Å². The molecule has 0 spiro atoms. The maximum atomic E-state index is 16.1. The van der Waals surface area contributed by atoms with Crippen LogP contribution in [0.2, 0.25) is 0 Å². The first-order chi connectivity index (χ1) is 19.7. The summed E-state index contributed by atoms with van der Waals surface area (Å²) in [6, 6.07) is 21.8. The maximum Gasteiger partial charge on any atom is 0.161 e. The molecule has 9 heteroatoms. The van der Waals surface area contributed by atoms with Gasteiger partial charge in [-0.1, -0.05) is 42.5 Å². The van der Waals surface area contributed by atoms with Crippen LogP contribution in [0, 0.1) is 5.82 Å². The monoisotopic (exact) mass is 526 g/mol. The second-order valence-corrected chi connectivity index (χ2v) is 9.48. The fraction of sp³-hybridized carbons (Fsp3) is 0.0645. The first-order valence-electron chi connectivity index (χ1n) is 12.9. The third-order valence-electron chi connectivity index (χ3n) is 6.84. The molecular formula is C31H23FN8. The highest BCUT2D eigenvalue weighted by Gasteiger charge is 2.21. The van der Waals surface area contributed by atoms with Crippen molar-refractivity contribution in [3.63, 3.8) is 0 Å². The number of rotatable bonds is 7. The summed E-state index contributed by atoms with van der Waals surface area (Å²) in [6.07, 6.45) is 8.48. The van der Waals surface area contributed by atoms with Gasteiger partial charge < -0.3 is 10.3 Å². The lowest BCUT2D eigenvalue weighted by Crippen LogP contribution is -2.12. The van der Waals surface area contributed by atoms with Crippen LogP contribution in [-0.4, -0.2) is 35.1 Å². The van der Waals surface area contributed by atoms with E-state index in [4.69, 9.17) is 4.98 Å². The first-order valence-corrected chi connectivity index (χ1v) is 12.9. The number of hydrogen-bond donors (Lipinski definition) is 3. The highest BCUT2D eigenvalue weighted by molar-refractivity contribution is 5.98. The molecule has 40 heavy (non-hydrogen) atoms. The lowest BCUT2D eigenvalue weighted by molar-refractivity contribution is 0.638. The van der Waals surface area contributed by atoms with E-state index in [2.05, 4.69) is 47.6 Å². The van der Waals surface area contributed by atoms with Crippen LogP contribution in [0.5, 0.6) is 0 Å². The normalized spacial score (nSPS) is 11.4. The van der Waals surface area contributed by atoms with Crippen molar-refractivity contribution in [2.45, 2.75) is 13.1 Å². The summed E-state index contributed by atoms with van der Waals surface area (Å²) in [5.41, 5.74) is 7.35. The molecule has 0 bridgehead atoms. The van der Waals surface area contributed by atoms with Gasteiger partial charge in [-0.25, -0.2) is 9.37 Å². The summed E-state index contributed by atoms with van der Waals surface area (Å²) >= 11 is 0. The maximum absolute atomic E-state index is 16.1. The number of benzene rings is 2. The Balaban J connectivity index is 1.23. The highest BCUT2D eigenvalue weighted by atomic mass is 19.1. The van der Waals surface area contributed by atoms with Crippen LogP contribution in [0.25, 0.3) is 55.8 Å². The van der Waals surface area contributed by atoms with Gasteiger partial charge in [0.2, 0.25) is 0 Å². The van der Waals surface area contributed by atoms with Crippen molar-refractivity contribution in [2.75, 3.05) is 0 Å². The van der Waals surface area contributed by atoms with Gasteiger partial charge in [-0.05, 0) is 41.0 Å². The number of halogens is 1. The zero-order valence-corrected chi connectivity index (χ0v) is 21.3. The fourth-order valence-electron chi connectivity index (χ4n) is 4.92. The second kappa shape index (κ2) is 10.1. The number of fused-ring (bicyclic) bond motifs is 2. The lowest BCUT2D eigenvalue weighted by atomic mass is 10.1. The van der Waals surface area contributed by atoms with Gasteiger partial charge in [-0.3, -0.25) is 20.1 Å². The van der Waals surface area contributed by atoms with Crippen LogP contribution in [0.4, 0.5) is 4.39 Å². The van der Waals surface area contributed by atoms with Crippen molar-refractivity contribution < 1.29 is 4.39 Å². The van der Waals surface area contributed by atoms with Gasteiger partial charge in [0.15, 0.2) is 11.6 Å². The molecule has 0 aliphatic heterocycles. The van der Waals surface area contributed by atoms with Crippen molar-refractivity contribution in [2.24, 2.45) is 0 Å². The molecule has 0 aliphatic rings.